The number of nitrogens with zero attached hydrogens (tertiary/aromatic N) is 1. The number of esters is 1. The third-order valence-electron chi connectivity index (χ3n) is 3.82. The fourth-order valence-corrected chi connectivity index (χ4v) is 2.57. The van der Waals surface area contributed by atoms with Crippen LogP contribution in [0.25, 0.3) is 0 Å². The molecule has 0 amide bonds. The lowest BCUT2D eigenvalue weighted by Crippen LogP contribution is -2.49. The predicted molar refractivity (Wildman–Crippen MR) is 81.6 cm³/mol. The standard InChI is InChI=1S/C16H24N2O3/c1-13(19)21-12-15-11-20-9-8-18(15)10-14-6-4-2-3-5-7-16(14)17/h2,4,6,15,17H,3,5,7-12H2,1H3/b4-2?,14-6-,17-16?. The van der Waals surface area contributed by atoms with Crippen LogP contribution in [0.5, 0.6) is 0 Å². The number of nitrogens with one attached hydrogen (secondary N) is 1. The van der Waals surface area contributed by atoms with Gasteiger partial charge in [-0.2, -0.15) is 0 Å². The summed E-state index contributed by atoms with van der Waals surface area (Å²) in [6.45, 7) is 4.56. The van der Waals surface area contributed by atoms with E-state index in [2.05, 4.69) is 11.0 Å². The molecule has 1 unspecified atom stereocenters. The number of rotatable bonds is 4. The second-order valence-electron chi connectivity index (χ2n) is 5.49. The minimum absolute atomic E-state index is 0.0748. The fourth-order valence-electron chi connectivity index (χ4n) is 2.57. The van der Waals surface area contributed by atoms with Gasteiger partial charge in [-0.05, 0) is 24.8 Å². The van der Waals surface area contributed by atoms with Gasteiger partial charge in [0.1, 0.15) is 6.61 Å². The smallest absolute Gasteiger partial charge is 0.302 e. The predicted octanol–water partition coefficient (Wildman–Crippen LogP) is 1.94. The quantitative estimate of drug-likeness (QED) is 0.804. The maximum absolute atomic E-state index is 11.0. The molecule has 116 valence electrons. The first-order valence-corrected chi connectivity index (χ1v) is 7.55. The Morgan fingerprint density at radius 2 is 2.43 bits per heavy atom. The second-order valence-corrected chi connectivity index (χ2v) is 5.49. The van der Waals surface area contributed by atoms with E-state index in [1.165, 1.54) is 6.92 Å². The summed E-state index contributed by atoms with van der Waals surface area (Å²) in [5, 5.41) is 8.19. The maximum atomic E-state index is 11.0. The lowest BCUT2D eigenvalue weighted by atomic mass is 10.0. The third kappa shape index (κ3) is 5.10. The molecule has 0 aromatic rings. The molecule has 5 heteroatoms. The van der Waals surface area contributed by atoms with Crippen molar-refractivity contribution < 1.29 is 14.3 Å². The zero-order chi connectivity index (χ0) is 15.1. The van der Waals surface area contributed by atoms with Crippen molar-refractivity contribution in [2.24, 2.45) is 0 Å². The molecule has 1 saturated heterocycles. The molecule has 0 radical (unpaired) electrons. The average molecular weight is 292 g/mol. The fraction of sp³-hybridized carbons (Fsp3) is 0.625. The summed E-state index contributed by atoms with van der Waals surface area (Å²) in [6.07, 6.45) is 9.15. The van der Waals surface area contributed by atoms with E-state index in [1.807, 2.05) is 12.2 Å². The van der Waals surface area contributed by atoms with E-state index in [1.54, 1.807) is 0 Å². The van der Waals surface area contributed by atoms with Gasteiger partial charge in [0, 0.05) is 25.7 Å². The van der Waals surface area contributed by atoms with Gasteiger partial charge >= 0.3 is 5.97 Å². The molecular formula is C16H24N2O3. The van der Waals surface area contributed by atoms with Gasteiger partial charge in [0.2, 0.25) is 0 Å². The normalized spacial score (nSPS) is 26.6. The highest BCUT2D eigenvalue weighted by Gasteiger charge is 2.25. The highest BCUT2D eigenvalue weighted by molar-refractivity contribution is 5.98. The first-order valence-electron chi connectivity index (χ1n) is 7.55. The molecule has 1 N–H and O–H groups in total. The molecule has 1 aliphatic heterocycles. The monoisotopic (exact) mass is 292 g/mol. The molecule has 0 aromatic carbocycles. The summed E-state index contributed by atoms with van der Waals surface area (Å²) < 4.78 is 10.6. The molecular weight excluding hydrogens is 268 g/mol. The average Bonchev–Trinajstić information content (AvgIpc) is 2.46. The number of ether oxygens (including phenoxy) is 2. The molecule has 0 saturated carbocycles. The molecule has 5 nitrogen and oxygen atoms in total. The van der Waals surface area contributed by atoms with Crippen LogP contribution in [0.2, 0.25) is 0 Å². The van der Waals surface area contributed by atoms with E-state index in [9.17, 15) is 4.79 Å². The number of carbonyl (C=O) groups is 1. The Labute approximate surface area is 126 Å². The Bertz CT molecular complexity index is 443. The Kier molecular flexibility index (Phi) is 6.14. The Morgan fingerprint density at radius 1 is 1.57 bits per heavy atom. The van der Waals surface area contributed by atoms with Crippen LogP contribution < -0.4 is 0 Å². The van der Waals surface area contributed by atoms with Crippen molar-refractivity contribution in [1.29, 1.82) is 5.41 Å². The van der Waals surface area contributed by atoms with Gasteiger partial charge in [0.15, 0.2) is 0 Å². The third-order valence-corrected chi connectivity index (χ3v) is 3.82. The van der Waals surface area contributed by atoms with Crippen molar-refractivity contribution in [2.75, 3.05) is 32.9 Å². The molecule has 1 heterocycles. The Balaban J connectivity index is 1.99. The second kappa shape index (κ2) is 8.10. The van der Waals surface area contributed by atoms with E-state index in [-0.39, 0.29) is 12.0 Å². The minimum Gasteiger partial charge on any atom is -0.464 e. The van der Waals surface area contributed by atoms with Gasteiger partial charge in [-0.15, -0.1) is 0 Å². The van der Waals surface area contributed by atoms with Gasteiger partial charge in [-0.3, -0.25) is 9.69 Å². The molecule has 21 heavy (non-hydrogen) atoms. The van der Waals surface area contributed by atoms with Crippen molar-refractivity contribution in [1.82, 2.24) is 4.90 Å². The molecule has 1 atom stereocenters. The number of carbonyl (C=O) groups excluding carboxylic acids is 1. The zero-order valence-electron chi connectivity index (χ0n) is 12.6. The van der Waals surface area contributed by atoms with Crippen LogP contribution in [0, 0.1) is 5.41 Å². The van der Waals surface area contributed by atoms with E-state index < -0.39 is 0 Å². The van der Waals surface area contributed by atoms with Crippen molar-refractivity contribution in [3.63, 3.8) is 0 Å². The highest BCUT2D eigenvalue weighted by Crippen LogP contribution is 2.15. The van der Waals surface area contributed by atoms with Crippen LogP contribution >= 0.6 is 0 Å². The van der Waals surface area contributed by atoms with E-state index >= 15 is 0 Å². The number of hydrogen-bond donors (Lipinski definition) is 1. The SMILES string of the molecule is CC(=O)OCC1COCCN1C/C1=C/C=CCCCC1=N. The van der Waals surface area contributed by atoms with Crippen LogP contribution in [-0.4, -0.2) is 55.5 Å². The molecule has 1 aliphatic carbocycles. The topological polar surface area (TPSA) is 62.6 Å². The van der Waals surface area contributed by atoms with E-state index in [0.29, 0.717) is 19.8 Å². The molecule has 2 rings (SSSR count). The van der Waals surface area contributed by atoms with Gasteiger partial charge in [0.25, 0.3) is 0 Å². The lowest BCUT2D eigenvalue weighted by Gasteiger charge is -2.35. The minimum atomic E-state index is -0.263. The van der Waals surface area contributed by atoms with Crippen LogP contribution in [0.15, 0.2) is 23.8 Å². The largest absolute Gasteiger partial charge is 0.464 e. The number of allylic oxidation sites excluding steroid dienone is 3. The van der Waals surface area contributed by atoms with Gasteiger partial charge in [-0.1, -0.05) is 18.2 Å². The van der Waals surface area contributed by atoms with Crippen molar-refractivity contribution in [3.8, 4) is 0 Å². The molecule has 2 aliphatic rings. The van der Waals surface area contributed by atoms with Crippen LogP contribution in [-0.2, 0) is 14.3 Å². The zero-order valence-corrected chi connectivity index (χ0v) is 12.6. The molecule has 1 fully saturated rings. The van der Waals surface area contributed by atoms with E-state index in [0.717, 1.165) is 43.6 Å². The summed E-state index contributed by atoms with van der Waals surface area (Å²) in [5.41, 5.74) is 1.78. The van der Waals surface area contributed by atoms with Crippen LogP contribution in [0.3, 0.4) is 0 Å². The summed E-state index contributed by atoms with van der Waals surface area (Å²) in [4.78, 5) is 13.2. The maximum Gasteiger partial charge on any atom is 0.302 e. The first-order chi connectivity index (χ1) is 10.2. The van der Waals surface area contributed by atoms with Crippen molar-refractivity contribution in [2.45, 2.75) is 32.2 Å². The number of hydrogen-bond acceptors (Lipinski definition) is 5. The summed E-state index contributed by atoms with van der Waals surface area (Å²) in [5.74, 6) is -0.263. The molecule has 0 aromatic heterocycles. The van der Waals surface area contributed by atoms with Crippen molar-refractivity contribution in [3.05, 3.63) is 23.8 Å². The summed E-state index contributed by atoms with van der Waals surface area (Å²) in [7, 11) is 0. The molecule has 0 bridgehead atoms. The molecule has 0 spiro atoms. The Morgan fingerprint density at radius 3 is 3.24 bits per heavy atom. The summed E-state index contributed by atoms with van der Waals surface area (Å²) in [6, 6.07) is 0.0748. The lowest BCUT2D eigenvalue weighted by molar-refractivity contribution is -0.144. The van der Waals surface area contributed by atoms with E-state index in [4.69, 9.17) is 14.9 Å². The van der Waals surface area contributed by atoms with Gasteiger partial charge < -0.3 is 14.9 Å². The number of morpholine rings is 1. The van der Waals surface area contributed by atoms with Gasteiger partial charge in [-0.25, -0.2) is 0 Å². The Hall–Kier alpha value is -1.46. The first kappa shape index (κ1) is 15.9. The van der Waals surface area contributed by atoms with Gasteiger partial charge in [0.05, 0.1) is 19.3 Å². The van der Waals surface area contributed by atoms with Crippen LogP contribution in [0.4, 0.5) is 0 Å². The van der Waals surface area contributed by atoms with Crippen LogP contribution in [0.1, 0.15) is 26.2 Å². The van der Waals surface area contributed by atoms with Crippen molar-refractivity contribution >= 4 is 11.7 Å². The summed E-state index contributed by atoms with van der Waals surface area (Å²) >= 11 is 0. The highest BCUT2D eigenvalue weighted by atomic mass is 16.5.